The number of rotatable bonds is 4. The molecule has 2 aromatic carbocycles. The number of halogens is 1. The summed E-state index contributed by atoms with van der Waals surface area (Å²) < 4.78 is 25.3. The number of benzene rings is 2. The third-order valence-electron chi connectivity index (χ3n) is 7.00. The lowest BCUT2D eigenvalue weighted by Crippen LogP contribution is -2.49. The second-order valence-electron chi connectivity index (χ2n) is 10.2. The fourth-order valence-electron chi connectivity index (χ4n) is 4.58. The van der Waals surface area contributed by atoms with Crippen LogP contribution in [0.25, 0.3) is 0 Å². The van der Waals surface area contributed by atoms with Crippen LogP contribution >= 0.6 is 0 Å². The number of ether oxygens (including phenoxy) is 2. The van der Waals surface area contributed by atoms with E-state index in [0.29, 0.717) is 35.8 Å². The van der Waals surface area contributed by atoms with Crippen molar-refractivity contribution in [2.75, 3.05) is 44.5 Å². The molecule has 204 valence electrons. The first-order chi connectivity index (χ1) is 18.2. The average Bonchev–Trinajstić information content (AvgIpc) is 3.73. The fraction of sp³-hybridized carbons (Fsp3) is 0.464. The van der Waals surface area contributed by atoms with E-state index in [9.17, 15) is 18.8 Å². The van der Waals surface area contributed by atoms with Crippen molar-refractivity contribution < 1.29 is 28.2 Å². The van der Waals surface area contributed by atoms with E-state index in [1.807, 2.05) is 18.7 Å². The van der Waals surface area contributed by atoms with E-state index < -0.39 is 11.8 Å². The number of anilines is 2. The van der Waals surface area contributed by atoms with Crippen LogP contribution in [0, 0.1) is 17.7 Å². The van der Waals surface area contributed by atoms with Crippen LogP contribution in [-0.2, 0) is 9.53 Å². The second-order valence-corrected chi connectivity index (χ2v) is 10.2. The summed E-state index contributed by atoms with van der Waals surface area (Å²) in [4.78, 5) is 42.4. The maximum atomic E-state index is 13.5. The highest BCUT2D eigenvalue weighted by atomic mass is 19.1. The van der Waals surface area contributed by atoms with Gasteiger partial charge in [0.25, 0.3) is 5.91 Å². The van der Waals surface area contributed by atoms with Gasteiger partial charge in [-0.3, -0.25) is 9.59 Å². The lowest BCUT2D eigenvalue weighted by atomic mass is 10.0. The highest BCUT2D eigenvalue weighted by Crippen LogP contribution is 2.33. The molecule has 2 N–H and O–H groups in total. The second kappa shape index (κ2) is 11.8. The molecular weight excluding hydrogens is 491 g/mol. The van der Waals surface area contributed by atoms with Gasteiger partial charge in [-0.1, -0.05) is 13.0 Å². The number of hydrogen-bond donors (Lipinski definition) is 2. The molecule has 0 unspecified atom stereocenters. The van der Waals surface area contributed by atoms with Crippen molar-refractivity contribution in [2.45, 2.75) is 38.8 Å². The maximum absolute atomic E-state index is 13.5. The van der Waals surface area contributed by atoms with Crippen LogP contribution in [0.3, 0.4) is 0 Å². The molecule has 10 heteroatoms. The Kier molecular flexibility index (Phi) is 8.51. The topological polar surface area (TPSA) is 100 Å². The summed E-state index contributed by atoms with van der Waals surface area (Å²) >= 11 is 0. The van der Waals surface area contributed by atoms with Gasteiger partial charge in [0.15, 0.2) is 0 Å². The maximum Gasteiger partial charge on any atom is 0.323 e. The Morgan fingerprint density at radius 1 is 1.05 bits per heavy atom. The summed E-state index contributed by atoms with van der Waals surface area (Å²) in [6, 6.07) is 9.53. The molecule has 1 heterocycles. The Morgan fingerprint density at radius 2 is 1.76 bits per heavy atom. The molecule has 4 rings (SSSR count). The molecule has 1 saturated carbocycles. The number of carbonyl (C=O) groups is 3. The monoisotopic (exact) mass is 526 g/mol. The van der Waals surface area contributed by atoms with Gasteiger partial charge in [0.2, 0.25) is 5.91 Å². The number of carbonyl (C=O) groups excluding carboxylic acids is 3. The molecule has 4 amide bonds. The summed E-state index contributed by atoms with van der Waals surface area (Å²) in [5, 5.41) is 5.27. The molecular formula is C28H35FN4O5. The minimum absolute atomic E-state index is 0.00229. The molecule has 0 aromatic heterocycles. The van der Waals surface area contributed by atoms with E-state index >= 15 is 0 Å². The van der Waals surface area contributed by atoms with E-state index in [1.165, 1.54) is 18.2 Å². The smallest absolute Gasteiger partial charge is 0.323 e. The van der Waals surface area contributed by atoms with Gasteiger partial charge in [-0.15, -0.1) is 0 Å². The number of methoxy groups -OCH3 is 1. The largest absolute Gasteiger partial charge is 0.491 e. The molecule has 3 atom stereocenters. The summed E-state index contributed by atoms with van der Waals surface area (Å²) in [6.45, 7) is 4.97. The van der Waals surface area contributed by atoms with Crippen LogP contribution in [-0.4, -0.2) is 73.6 Å². The van der Waals surface area contributed by atoms with Gasteiger partial charge in [0, 0.05) is 56.5 Å². The van der Waals surface area contributed by atoms with Crippen molar-refractivity contribution in [1.82, 2.24) is 9.80 Å². The lowest BCUT2D eigenvalue weighted by Gasteiger charge is -2.36. The van der Waals surface area contributed by atoms with Crippen LogP contribution in [0.15, 0.2) is 42.5 Å². The van der Waals surface area contributed by atoms with E-state index in [1.54, 1.807) is 43.3 Å². The predicted molar refractivity (Wildman–Crippen MR) is 142 cm³/mol. The standard InChI is InChI=1S/C28H35FN4O5/c1-17-14-33(26(34)19-8-9-19)18(2)16-38-24-13-22(31-28(36)30-21-7-5-6-20(29)12-21)10-11-23(24)27(35)32(3)15-25(17)37-4/h5-7,10-13,17-19,25H,8-9,14-16H2,1-4H3,(H2,30,31,36)/t17-,18-,25+/m0/s1. The molecule has 1 fully saturated rings. The van der Waals surface area contributed by atoms with Crippen molar-refractivity contribution in [1.29, 1.82) is 0 Å². The van der Waals surface area contributed by atoms with Gasteiger partial charge >= 0.3 is 6.03 Å². The number of likely N-dealkylation sites (N-methyl/N-ethyl adjacent to an activating group) is 1. The Hall–Kier alpha value is -3.66. The number of fused-ring (bicyclic) bond motifs is 1. The molecule has 2 aliphatic rings. The van der Waals surface area contributed by atoms with Crippen LogP contribution in [0.1, 0.15) is 37.0 Å². The van der Waals surface area contributed by atoms with Crippen molar-refractivity contribution in [2.24, 2.45) is 11.8 Å². The first-order valence-electron chi connectivity index (χ1n) is 12.9. The van der Waals surface area contributed by atoms with Crippen molar-refractivity contribution in [3.63, 3.8) is 0 Å². The lowest BCUT2D eigenvalue weighted by molar-refractivity contribution is -0.136. The molecule has 1 aliphatic carbocycles. The van der Waals surface area contributed by atoms with E-state index in [4.69, 9.17) is 9.47 Å². The van der Waals surface area contributed by atoms with Crippen LogP contribution in [0.2, 0.25) is 0 Å². The first-order valence-corrected chi connectivity index (χ1v) is 12.9. The minimum atomic E-state index is -0.571. The molecule has 0 saturated heterocycles. The number of nitrogens with zero attached hydrogens (tertiary/aromatic N) is 2. The molecule has 0 radical (unpaired) electrons. The zero-order valence-electron chi connectivity index (χ0n) is 22.2. The Bertz CT molecular complexity index is 1190. The summed E-state index contributed by atoms with van der Waals surface area (Å²) in [6.07, 6.45) is 1.54. The minimum Gasteiger partial charge on any atom is -0.491 e. The fourth-order valence-corrected chi connectivity index (χ4v) is 4.58. The Labute approximate surface area is 222 Å². The number of amides is 4. The van der Waals surface area contributed by atoms with Crippen molar-refractivity contribution >= 4 is 29.2 Å². The highest BCUT2D eigenvalue weighted by Gasteiger charge is 2.37. The summed E-state index contributed by atoms with van der Waals surface area (Å²) in [5.41, 5.74) is 1.03. The van der Waals surface area contributed by atoms with Crippen LogP contribution in [0.5, 0.6) is 5.75 Å². The average molecular weight is 527 g/mol. The van der Waals surface area contributed by atoms with E-state index in [2.05, 4.69) is 10.6 Å². The van der Waals surface area contributed by atoms with Gasteiger partial charge in [-0.25, -0.2) is 9.18 Å². The van der Waals surface area contributed by atoms with Gasteiger partial charge < -0.3 is 29.9 Å². The Balaban J connectivity index is 1.58. The summed E-state index contributed by atoms with van der Waals surface area (Å²) in [5.74, 6) is -0.242. The number of nitrogens with one attached hydrogen (secondary N) is 2. The number of hydrogen-bond acceptors (Lipinski definition) is 5. The third-order valence-corrected chi connectivity index (χ3v) is 7.00. The normalized spacial score (nSPS) is 22.4. The Morgan fingerprint density at radius 3 is 2.42 bits per heavy atom. The molecule has 2 aromatic rings. The number of urea groups is 1. The summed E-state index contributed by atoms with van der Waals surface area (Å²) in [7, 11) is 3.32. The van der Waals surface area contributed by atoms with Crippen LogP contribution < -0.4 is 15.4 Å². The van der Waals surface area contributed by atoms with Crippen molar-refractivity contribution in [3.05, 3.63) is 53.8 Å². The van der Waals surface area contributed by atoms with Gasteiger partial charge in [-0.2, -0.15) is 0 Å². The zero-order valence-corrected chi connectivity index (χ0v) is 22.2. The molecule has 1 aliphatic heterocycles. The predicted octanol–water partition coefficient (Wildman–Crippen LogP) is 4.21. The van der Waals surface area contributed by atoms with Crippen LogP contribution in [0.4, 0.5) is 20.6 Å². The molecule has 38 heavy (non-hydrogen) atoms. The third kappa shape index (κ3) is 6.61. The van der Waals surface area contributed by atoms with Gasteiger partial charge in [0.05, 0.1) is 17.7 Å². The van der Waals surface area contributed by atoms with Gasteiger partial charge in [0.1, 0.15) is 18.2 Å². The first kappa shape index (κ1) is 27.4. The van der Waals surface area contributed by atoms with E-state index in [0.717, 1.165) is 12.8 Å². The molecule has 0 spiro atoms. The zero-order chi connectivity index (χ0) is 27.4. The van der Waals surface area contributed by atoms with Crippen molar-refractivity contribution in [3.8, 4) is 5.75 Å². The van der Waals surface area contributed by atoms with Gasteiger partial charge in [-0.05, 0) is 50.1 Å². The quantitative estimate of drug-likeness (QED) is 0.622. The molecule has 9 nitrogen and oxygen atoms in total. The highest BCUT2D eigenvalue weighted by molar-refractivity contribution is 6.01. The SMILES string of the molecule is CO[C@@H]1CN(C)C(=O)c2ccc(NC(=O)Nc3cccc(F)c3)cc2OC[C@H](C)N(C(=O)C2CC2)C[C@@H]1C. The molecule has 0 bridgehead atoms. The van der Waals surface area contributed by atoms with E-state index in [-0.39, 0.29) is 42.4 Å².